The minimum absolute atomic E-state index is 0.0515. The normalized spacial score (nSPS) is 17.7. The Morgan fingerprint density at radius 3 is 2.37 bits per heavy atom. The first-order chi connectivity index (χ1) is 16.9. The Morgan fingerprint density at radius 1 is 1.03 bits per heavy atom. The van der Waals surface area contributed by atoms with Gasteiger partial charge in [0.25, 0.3) is 0 Å². The van der Waals surface area contributed by atoms with Crippen molar-refractivity contribution in [3.05, 3.63) is 76.0 Å². The molecule has 0 spiro atoms. The Labute approximate surface area is 207 Å². The standard InChI is InChI=1S/C25H24ClN3O6/c1-2-34-24(32)21-19(27-25(33)28-22(21)15-5-9-17(26)10-6-15)14-35-23(31)16-7-11-18(12-8-16)29-13-3-4-20(29)30/h5-12,22H,2-4,13-14H2,1H3,(H2,27,28,33)/t22-/m1/s1. The second-order valence-corrected chi connectivity index (χ2v) is 8.40. The SMILES string of the molecule is CCOC(=O)C1=C(COC(=O)c2ccc(N3CCCC3=O)cc2)NC(=O)N[C@@H]1c1ccc(Cl)cc1. The van der Waals surface area contributed by atoms with Crippen LogP contribution in [-0.2, 0) is 19.1 Å². The van der Waals surface area contributed by atoms with Crippen molar-refractivity contribution >= 4 is 41.2 Å². The van der Waals surface area contributed by atoms with Gasteiger partial charge in [-0.05, 0) is 55.3 Å². The van der Waals surface area contributed by atoms with E-state index >= 15 is 0 Å². The van der Waals surface area contributed by atoms with Gasteiger partial charge in [-0.1, -0.05) is 23.7 Å². The Hall–Kier alpha value is -3.85. The predicted molar refractivity (Wildman–Crippen MR) is 128 cm³/mol. The van der Waals surface area contributed by atoms with E-state index in [0.717, 1.165) is 6.42 Å². The average Bonchev–Trinajstić information content (AvgIpc) is 3.28. The monoisotopic (exact) mass is 497 g/mol. The number of anilines is 1. The van der Waals surface area contributed by atoms with Crippen LogP contribution in [0, 0.1) is 0 Å². The summed E-state index contributed by atoms with van der Waals surface area (Å²) < 4.78 is 10.6. The van der Waals surface area contributed by atoms with Crippen LogP contribution in [-0.4, -0.2) is 43.6 Å². The molecule has 2 aliphatic heterocycles. The van der Waals surface area contributed by atoms with Crippen molar-refractivity contribution in [1.29, 1.82) is 0 Å². The van der Waals surface area contributed by atoms with Gasteiger partial charge in [-0.2, -0.15) is 0 Å². The minimum Gasteiger partial charge on any atom is -0.463 e. The molecular formula is C25H24ClN3O6. The molecule has 0 unspecified atom stereocenters. The number of amides is 3. The van der Waals surface area contributed by atoms with E-state index in [1.807, 2.05) is 0 Å². The zero-order valence-corrected chi connectivity index (χ0v) is 19.8. The van der Waals surface area contributed by atoms with E-state index in [4.69, 9.17) is 21.1 Å². The van der Waals surface area contributed by atoms with Gasteiger partial charge in [-0.15, -0.1) is 0 Å². The first-order valence-corrected chi connectivity index (χ1v) is 11.6. The molecule has 35 heavy (non-hydrogen) atoms. The smallest absolute Gasteiger partial charge is 0.338 e. The first-order valence-electron chi connectivity index (χ1n) is 11.2. The van der Waals surface area contributed by atoms with Crippen molar-refractivity contribution in [2.24, 2.45) is 0 Å². The molecule has 2 aromatic rings. The van der Waals surface area contributed by atoms with Gasteiger partial charge in [0.05, 0.1) is 29.5 Å². The van der Waals surface area contributed by atoms with Crippen LogP contribution in [0.25, 0.3) is 0 Å². The number of benzene rings is 2. The maximum absolute atomic E-state index is 12.8. The van der Waals surface area contributed by atoms with Crippen molar-refractivity contribution in [3.8, 4) is 0 Å². The van der Waals surface area contributed by atoms with Crippen molar-refractivity contribution in [1.82, 2.24) is 10.6 Å². The van der Waals surface area contributed by atoms with Gasteiger partial charge >= 0.3 is 18.0 Å². The molecule has 10 heteroatoms. The van der Waals surface area contributed by atoms with Gasteiger partial charge < -0.3 is 25.0 Å². The summed E-state index contributed by atoms with van der Waals surface area (Å²) in [6.45, 7) is 2.10. The second kappa shape index (κ2) is 10.6. The number of ether oxygens (including phenoxy) is 2. The maximum Gasteiger partial charge on any atom is 0.338 e. The molecule has 0 bridgehead atoms. The molecule has 182 valence electrons. The Bertz CT molecular complexity index is 1180. The van der Waals surface area contributed by atoms with E-state index in [2.05, 4.69) is 10.6 Å². The van der Waals surface area contributed by atoms with Crippen molar-refractivity contribution in [2.75, 3.05) is 24.7 Å². The largest absolute Gasteiger partial charge is 0.463 e. The van der Waals surface area contributed by atoms with Gasteiger partial charge in [0.1, 0.15) is 6.61 Å². The highest BCUT2D eigenvalue weighted by Gasteiger charge is 2.34. The van der Waals surface area contributed by atoms with Crippen molar-refractivity contribution < 1.29 is 28.7 Å². The lowest BCUT2D eigenvalue weighted by Gasteiger charge is -2.29. The quantitative estimate of drug-likeness (QED) is 0.566. The second-order valence-electron chi connectivity index (χ2n) is 7.97. The van der Waals surface area contributed by atoms with E-state index < -0.39 is 24.0 Å². The highest BCUT2D eigenvalue weighted by Crippen LogP contribution is 2.29. The maximum atomic E-state index is 12.8. The number of nitrogens with one attached hydrogen (secondary N) is 2. The summed E-state index contributed by atoms with van der Waals surface area (Å²) in [4.78, 5) is 51.4. The molecule has 2 N–H and O–H groups in total. The van der Waals surface area contributed by atoms with E-state index in [1.165, 1.54) is 0 Å². The molecule has 9 nitrogen and oxygen atoms in total. The zero-order chi connectivity index (χ0) is 24.9. The summed E-state index contributed by atoms with van der Waals surface area (Å²) in [5, 5.41) is 5.76. The lowest BCUT2D eigenvalue weighted by Crippen LogP contribution is -2.47. The number of rotatable bonds is 7. The number of carbonyl (C=O) groups excluding carboxylic acids is 4. The molecule has 2 heterocycles. The zero-order valence-electron chi connectivity index (χ0n) is 19.0. The third kappa shape index (κ3) is 5.46. The molecule has 1 fully saturated rings. The van der Waals surface area contributed by atoms with Crippen LogP contribution in [0.3, 0.4) is 0 Å². The van der Waals surface area contributed by atoms with Crippen molar-refractivity contribution in [2.45, 2.75) is 25.8 Å². The lowest BCUT2D eigenvalue weighted by atomic mass is 9.95. The van der Waals surface area contributed by atoms with Crippen LogP contribution in [0.5, 0.6) is 0 Å². The van der Waals surface area contributed by atoms with Crippen molar-refractivity contribution in [3.63, 3.8) is 0 Å². The number of hydrogen-bond donors (Lipinski definition) is 2. The third-order valence-corrected chi connectivity index (χ3v) is 5.94. The number of urea groups is 1. The van der Waals surface area contributed by atoms with Gasteiger partial charge in [0.15, 0.2) is 0 Å². The van der Waals surface area contributed by atoms with E-state index in [1.54, 1.807) is 60.4 Å². The van der Waals surface area contributed by atoms with E-state index in [0.29, 0.717) is 29.2 Å². The Morgan fingerprint density at radius 2 is 1.74 bits per heavy atom. The number of hydrogen-bond acceptors (Lipinski definition) is 6. The number of halogens is 1. The number of carbonyl (C=O) groups is 4. The summed E-state index contributed by atoms with van der Waals surface area (Å²) in [7, 11) is 0. The lowest BCUT2D eigenvalue weighted by molar-refractivity contribution is -0.139. The molecule has 0 aliphatic carbocycles. The fourth-order valence-electron chi connectivity index (χ4n) is 4.01. The van der Waals surface area contributed by atoms with Crippen LogP contribution in [0.2, 0.25) is 5.02 Å². The molecule has 1 atom stereocenters. The van der Waals surface area contributed by atoms with Gasteiger partial charge in [0.2, 0.25) is 5.91 Å². The van der Waals surface area contributed by atoms with Crippen LogP contribution in [0.15, 0.2) is 59.8 Å². The summed E-state index contributed by atoms with van der Waals surface area (Å²) >= 11 is 5.97. The fraction of sp³-hybridized carbons (Fsp3) is 0.280. The Balaban J connectivity index is 1.54. The molecule has 4 rings (SSSR count). The van der Waals surface area contributed by atoms with Gasteiger partial charge in [-0.3, -0.25) is 4.79 Å². The molecule has 0 saturated carbocycles. The molecule has 2 aliphatic rings. The number of esters is 2. The molecular weight excluding hydrogens is 474 g/mol. The first kappa shape index (κ1) is 24.3. The number of nitrogens with zero attached hydrogens (tertiary/aromatic N) is 1. The summed E-state index contributed by atoms with van der Waals surface area (Å²) in [5.41, 5.74) is 1.86. The highest BCUT2D eigenvalue weighted by molar-refractivity contribution is 6.30. The van der Waals surface area contributed by atoms with Crippen LogP contribution < -0.4 is 15.5 Å². The summed E-state index contributed by atoms with van der Waals surface area (Å²) in [5.74, 6) is -1.24. The summed E-state index contributed by atoms with van der Waals surface area (Å²) in [6.07, 6.45) is 1.32. The minimum atomic E-state index is -0.814. The van der Waals surface area contributed by atoms with Gasteiger partial charge in [-0.25, -0.2) is 14.4 Å². The summed E-state index contributed by atoms with van der Waals surface area (Å²) in [6, 6.07) is 11.8. The molecule has 0 aromatic heterocycles. The molecule has 1 saturated heterocycles. The van der Waals surface area contributed by atoms with Crippen LogP contribution >= 0.6 is 11.6 Å². The van der Waals surface area contributed by atoms with Crippen LogP contribution in [0.4, 0.5) is 10.5 Å². The average molecular weight is 498 g/mol. The van der Waals surface area contributed by atoms with Gasteiger partial charge in [0, 0.05) is 23.7 Å². The van der Waals surface area contributed by atoms with Crippen LogP contribution in [0.1, 0.15) is 41.7 Å². The fourth-order valence-corrected chi connectivity index (χ4v) is 4.13. The molecule has 2 aromatic carbocycles. The molecule has 0 radical (unpaired) electrons. The Kier molecular flexibility index (Phi) is 7.36. The van der Waals surface area contributed by atoms with E-state index in [-0.39, 0.29) is 36.0 Å². The highest BCUT2D eigenvalue weighted by atomic mass is 35.5. The molecule has 3 amide bonds. The van der Waals surface area contributed by atoms with E-state index in [9.17, 15) is 19.2 Å². The topological polar surface area (TPSA) is 114 Å². The third-order valence-electron chi connectivity index (χ3n) is 5.69. The predicted octanol–water partition coefficient (Wildman–Crippen LogP) is 3.49.